The number of pyridine rings is 1. The van der Waals surface area contributed by atoms with Gasteiger partial charge >= 0.3 is 5.97 Å². The van der Waals surface area contributed by atoms with E-state index in [1.54, 1.807) is 0 Å². The Morgan fingerprint density at radius 2 is 2.33 bits per heavy atom. The lowest BCUT2D eigenvalue weighted by Gasteiger charge is -2.41. The van der Waals surface area contributed by atoms with Crippen LogP contribution in [0.1, 0.15) is 43.0 Å². The number of aromatic carboxylic acids is 1. The van der Waals surface area contributed by atoms with Gasteiger partial charge in [-0.1, -0.05) is 24.9 Å². The summed E-state index contributed by atoms with van der Waals surface area (Å²) >= 11 is 6.03. The normalized spacial score (nSPS) is 17.0. The Balaban J connectivity index is 2.10. The maximum Gasteiger partial charge on any atom is 0.337 e. The number of halogens is 1. The Labute approximate surface area is 111 Å². The zero-order chi connectivity index (χ0) is 13.2. The number of hydrogen-bond donors (Lipinski definition) is 2. The van der Waals surface area contributed by atoms with E-state index in [1.807, 2.05) is 0 Å². The first kappa shape index (κ1) is 13.1. The SMILES string of the molecule is CCC1(CNc2nccc(C(=O)O)c2Cl)CCC1. The molecule has 0 saturated heterocycles. The maximum atomic E-state index is 11.0. The summed E-state index contributed by atoms with van der Waals surface area (Å²) in [6, 6.07) is 1.41. The Morgan fingerprint density at radius 1 is 1.61 bits per heavy atom. The third kappa shape index (κ3) is 2.43. The first-order chi connectivity index (χ1) is 8.58. The van der Waals surface area contributed by atoms with Gasteiger partial charge in [-0.05, 0) is 30.7 Å². The molecule has 1 aromatic rings. The van der Waals surface area contributed by atoms with E-state index in [2.05, 4.69) is 17.2 Å². The highest BCUT2D eigenvalue weighted by molar-refractivity contribution is 6.35. The third-order valence-corrected chi connectivity index (χ3v) is 4.30. The molecule has 2 N–H and O–H groups in total. The van der Waals surface area contributed by atoms with E-state index in [4.69, 9.17) is 16.7 Å². The van der Waals surface area contributed by atoms with Crippen LogP contribution in [0.2, 0.25) is 5.02 Å². The minimum Gasteiger partial charge on any atom is -0.478 e. The summed E-state index contributed by atoms with van der Waals surface area (Å²) in [5, 5.41) is 12.4. The van der Waals surface area contributed by atoms with Gasteiger partial charge in [0.25, 0.3) is 0 Å². The number of anilines is 1. The summed E-state index contributed by atoms with van der Waals surface area (Å²) < 4.78 is 0. The van der Waals surface area contributed by atoms with Crippen molar-refractivity contribution in [1.82, 2.24) is 4.98 Å². The average molecular weight is 269 g/mol. The molecule has 18 heavy (non-hydrogen) atoms. The molecule has 0 unspecified atom stereocenters. The minimum absolute atomic E-state index is 0.0910. The number of aromatic nitrogens is 1. The Hall–Kier alpha value is -1.29. The summed E-state index contributed by atoms with van der Waals surface area (Å²) in [4.78, 5) is 15.1. The van der Waals surface area contributed by atoms with Crippen molar-refractivity contribution in [2.75, 3.05) is 11.9 Å². The van der Waals surface area contributed by atoms with E-state index in [1.165, 1.54) is 31.5 Å². The molecule has 2 rings (SSSR count). The average Bonchev–Trinajstić information content (AvgIpc) is 2.29. The third-order valence-electron chi connectivity index (χ3n) is 3.91. The lowest BCUT2D eigenvalue weighted by atomic mass is 9.67. The van der Waals surface area contributed by atoms with Crippen LogP contribution in [0.15, 0.2) is 12.3 Å². The molecule has 1 heterocycles. The number of nitrogens with zero attached hydrogens (tertiary/aromatic N) is 1. The fourth-order valence-corrected chi connectivity index (χ4v) is 2.59. The van der Waals surface area contributed by atoms with E-state index >= 15 is 0 Å². The van der Waals surface area contributed by atoms with Gasteiger partial charge in [0, 0.05) is 12.7 Å². The summed E-state index contributed by atoms with van der Waals surface area (Å²) in [5.41, 5.74) is 0.429. The van der Waals surface area contributed by atoms with Crippen LogP contribution in [0.3, 0.4) is 0 Å². The van der Waals surface area contributed by atoms with Gasteiger partial charge in [0.2, 0.25) is 0 Å². The van der Waals surface area contributed by atoms with E-state index in [0.717, 1.165) is 13.0 Å². The van der Waals surface area contributed by atoms with E-state index in [0.29, 0.717) is 11.2 Å². The lowest BCUT2D eigenvalue weighted by Crippen LogP contribution is -2.36. The standard InChI is InChI=1S/C13H17ClN2O2/c1-2-13(5-3-6-13)8-16-11-10(14)9(12(17)18)4-7-15-11/h4,7H,2-3,5-6,8H2,1H3,(H,15,16)(H,17,18). The van der Waals surface area contributed by atoms with Crippen LogP contribution in [0, 0.1) is 5.41 Å². The second kappa shape index (κ2) is 5.14. The summed E-state index contributed by atoms with van der Waals surface area (Å²) in [6.45, 7) is 2.99. The summed E-state index contributed by atoms with van der Waals surface area (Å²) in [7, 11) is 0. The topological polar surface area (TPSA) is 62.2 Å². The molecule has 0 atom stereocenters. The molecular formula is C13H17ClN2O2. The molecule has 1 aliphatic rings. The van der Waals surface area contributed by atoms with Crippen LogP contribution < -0.4 is 5.32 Å². The van der Waals surface area contributed by atoms with Gasteiger partial charge in [-0.3, -0.25) is 0 Å². The molecule has 0 amide bonds. The van der Waals surface area contributed by atoms with Crippen LogP contribution in [0.5, 0.6) is 0 Å². The van der Waals surface area contributed by atoms with Crippen molar-refractivity contribution in [3.63, 3.8) is 0 Å². The molecule has 0 spiro atoms. The van der Waals surface area contributed by atoms with Crippen LogP contribution in [0.25, 0.3) is 0 Å². The molecule has 1 aliphatic carbocycles. The first-order valence-corrected chi connectivity index (χ1v) is 6.57. The molecule has 98 valence electrons. The second-order valence-electron chi connectivity index (χ2n) is 4.89. The molecule has 1 saturated carbocycles. The Bertz CT molecular complexity index is 453. The molecule has 1 aromatic heterocycles. The van der Waals surface area contributed by atoms with Crippen LogP contribution in [0.4, 0.5) is 5.82 Å². The number of hydrogen-bond acceptors (Lipinski definition) is 3. The highest BCUT2D eigenvalue weighted by Gasteiger charge is 2.35. The molecule has 4 nitrogen and oxygen atoms in total. The van der Waals surface area contributed by atoms with Crippen LogP contribution >= 0.6 is 11.6 Å². The van der Waals surface area contributed by atoms with Crippen molar-refractivity contribution < 1.29 is 9.90 Å². The lowest BCUT2D eigenvalue weighted by molar-refractivity contribution is 0.0697. The van der Waals surface area contributed by atoms with Crippen molar-refractivity contribution in [3.8, 4) is 0 Å². The second-order valence-corrected chi connectivity index (χ2v) is 5.26. The molecule has 0 bridgehead atoms. The summed E-state index contributed by atoms with van der Waals surface area (Å²) in [6.07, 6.45) is 6.29. The molecule has 0 aliphatic heterocycles. The van der Waals surface area contributed by atoms with Gasteiger partial charge in [0.05, 0.1) is 10.6 Å². The van der Waals surface area contributed by atoms with Gasteiger partial charge in [0.1, 0.15) is 5.82 Å². The van der Waals surface area contributed by atoms with E-state index < -0.39 is 5.97 Å². The Kier molecular flexibility index (Phi) is 3.76. The fraction of sp³-hybridized carbons (Fsp3) is 0.538. The molecule has 1 fully saturated rings. The minimum atomic E-state index is -1.03. The highest BCUT2D eigenvalue weighted by Crippen LogP contribution is 2.43. The van der Waals surface area contributed by atoms with Crippen molar-refractivity contribution in [3.05, 3.63) is 22.8 Å². The zero-order valence-corrected chi connectivity index (χ0v) is 11.1. The molecule has 5 heteroatoms. The predicted octanol–water partition coefficient (Wildman–Crippen LogP) is 3.43. The first-order valence-electron chi connectivity index (χ1n) is 6.20. The maximum absolute atomic E-state index is 11.0. The number of carbonyl (C=O) groups is 1. The number of nitrogens with one attached hydrogen (secondary N) is 1. The largest absolute Gasteiger partial charge is 0.478 e. The highest BCUT2D eigenvalue weighted by atomic mass is 35.5. The number of rotatable bonds is 5. The van der Waals surface area contributed by atoms with Crippen molar-refractivity contribution in [1.29, 1.82) is 0 Å². The summed E-state index contributed by atoms with van der Waals surface area (Å²) in [5.74, 6) is -0.560. The number of carboxylic acid groups (broad SMARTS) is 1. The van der Waals surface area contributed by atoms with Crippen molar-refractivity contribution in [2.24, 2.45) is 5.41 Å². The van der Waals surface area contributed by atoms with Crippen LogP contribution in [-0.4, -0.2) is 22.6 Å². The van der Waals surface area contributed by atoms with Crippen molar-refractivity contribution >= 4 is 23.4 Å². The fourth-order valence-electron chi connectivity index (χ4n) is 2.34. The zero-order valence-electron chi connectivity index (χ0n) is 10.4. The van der Waals surface area contributed by atoms with Gasteiger partial charge < -0.3 is 10.4 Å². The van der Waals surface area contributed by atoms with E-state index in [9.17, 15) is 4.79 Å². The quantitative estimate of drug-likeness (QED) is 0.859. The molecule has 0 aromatic carbocycles. The Morgan fingerprint density at radius 3 is 2.83 bits per heavy atom. The van der Waals surface area contributed by atoms with Crippen molar-refractivity contribution in [2.45, 2.75) is 32.6 Å². The molecular weight excluding hydrogens is 252 g/mol. The smallest absolute Gasteiger partial charge is 0.337 e. The van der Waals surface area contributed by atoms with Gasteiger partial charge in [0.15, 0.2) is 0 Å². The van der Waals surface area contributed by atoms with E-state index in [-0.39, 0.29) is 10.6 Å². The molecule has 0 radical (unpaired) electrons. The van der Waals surface area contributed by atoms with Gasteiger partial charge in [-0.15, -0.1) is 0 Å². The monoisotopic (exact) mass is 268 g/mol. The van der Waals surface area contributed by atoms with Crippen LogP contribution in [-0.2, 0) is 0 Å². The number of carboxylic acids is 1. The van der Waals surface area contributed by atoms with Gasteiger partial charge in [-0.2, -0.15) is 0 Å². The predicted molar refractivity (Wildman–Crippen MR) is 71.3 cm³/mol. The van der Waals surface area contributed by atoms with Gasteiger partial charge in [-0.25, -0.2) is 9.78 Å².